The van der Waals surface area contributed by atoms with Crippen LogP contribution in [0.3, 0.4) is 0 Å². The molecule has 1 aromatic rings. The van der Waals surface area contributed by atoms with Crippen LogP contribution in [-0.4, -0.2) is 47.0 Å². The van der Waals surface area contributed by atoms with Crippen molar-refractivity contribution in [3.05, 3.63) is 18.1 Å². The molecule has 1 aliphatic carbocycles. The summed E-state index contributed by atoms with van der Waals surface area (Å²) in [6, 6.07) is 1.98. The molecule has 5 heteroatoms. The van der Waals surface area contributed by atoms with Crippen LogP contribution < -0.4 is 4.90 Å². The summed E-state index contributed by atoms with van der Waals surface area (Å²) in [5.74, 6) is 2.92. The minimum absolute atomic E-state index is 0.0852. The molecule has 0 aromatic carbocycles. The first kappa shape index (κ1) is 13.3. The first-order valence-corrected chi connectivity index (χ1v) is 7.52. The van der Waals surface area contributed by atoms with Crippen molar-refractivity contribution < 1.29 is 4.79 Å². The fourth-order valence-corrected chi connectivity index (χ4v) is 2.60. The molecule has 0 unspecified atom stereocenters. The summed E-state index contributed by atoms with van der Waals surface area (Å²) in [5.41, 5.74) is 0. The second-order valence-electron chi connectivity index (χ2n) is 6.01. The van der Waals surface area contributed by atoms with Crippen LogP contribution in [0.5, 0.6) is 0 Å². The Labute approximate surface area is 120 Å². The van der Waals surface area contributed by atoms with Gasteiger partial charge in [0.2, 0.25) is 5.91 Å². The zero-order valence-electron chi connectivity index (χ0n) is 12.2. The zero-order chi connectivity index (χ0) is 14.1. The second-order valence-corrected chi connectivity index (χ2v) is 6.01. The molecule has 0 N–H and O–H groups in total. The summed E-state index contributed by atoms with van der Waals surface area (Å²) in [4.78, 5) is 25.2. The van der Waals surface area contributed by atoms with E-state index in [-0.39, 0.29) is 11.8 Å². The van der Waals surface area contributed by atoms with Crippen LogP contribution in [0.15, 0.2) is 12.3 Å². The minimum atomic E-state index is 0.0852. The highest BCUT2D eigenvalue weighted by atomic mass is 16.2. The Balaban J connectivity index is 1.63. The van der Waals surface area contributed by atoms with Gasteiger partial charge in [-0.2, -0.15) is 0 Å². The molecular weight excluding hydrogens is 252 g/mol. The molecular formula is C15H22N4O. The molecule has 0 radical (unpaired) electrons. The Hall–Kier alpha value is -1.65. The molecule has 0 atom stereocenters. The molecule has 1 saturated carbocycles. The highest BCUT2D eigenvalue weighted by Gasteiger charge is 2.28. The molecule has 1 aliphatic heterocycles. The van der Waals surface area contributed by atoms with Crippen LogP contribution in [0.1, 0.15) is 38.4 Å². The van der Waals surface area contributed by atoms with E-state index in [0.29, 0.717) is 5.92 Å². The van der Waals surface area contributed by atoms with Crippen molar-refractivity contribution in [3.63, 3.8) is 0 Å². The number of hydrogen-bond donors (Lipinski definition) is 0. The Bertz CT molecular complexity index is 490. The number of nitrogens with zero attached hydrogens (tertiary/aromatic N) is 4. The van der Waals surface area contributed by atoms with E-state index in [9.17, 15) is 4.79 Å². The van der Waals surface area contributed by atoms with Gasteiger partial charge in [-0.15, -0.1) is 0 Å². The Kier molecular flexibility index (Phi) is 3.59. The number of carbonyl (C=O) groups is 1. The van der Waals surface area contributed by atoms with Crippen LogP contribution in [0.4, 0.5) is 5.82 Å². The molecule has 0 bridgehead atoms. The van der Waals surface area contributed by atoms with Gasteiger partial charge in [-0.25, -0.2) is 9.97 Å². The van der Waals surface area contributed by atoms with Crippen molar-refractivity contribution in [2.75, 3.05) is 31.1 Å². The third-order valence-corrected chi connectivity index (χ3v) is 4.01. The Morgan fingerprint density at radius 1 is 1.25 bits per heavy atom. The second kappa shape index (κ2) is 5.38. The Morgan fingerprint density at radius 3 is 2.55 bits per heavy atom. The molecule has 1 aromatic heterocycles. The predicted octanol–water partition coefficient (Wildman–Crippen LogP) is 1.66. The number of rotatable bonds is 3. The SMILES string of the molecule is CC(C)C(=O)N1CCN(c2ccnc(C3CC3)n2)CC1. The lowest BCUT2D eigenvalue weighted by atomic mass is 10.1. The van der Waals surface area contributed by atoms with E-state index in [0.717, 1.165) is 37.8 Å². The molecule has 20 heavy (non-hydrogen) atoms. The third kappa shape index (κ3) is 2.76. The van der Waals surface area contributed by atoms with Crippen LogP contribution in [0, 0.1) is 5.92 Å². The van der Waals surface area contributed by atoms with Crippen molar-refractivity contribution in [3.8, 4) is 0 Å². The smallest absolute Gasteiger partial charge is 0.225 e. The summed E-state index contributed by atoms with van der Waals surface area (Å²) < 4.78 is 0. The number of hydrogen-bond acceptors (Lipinski definition) is 4. The number of carbonyl (C=O) groups excluding carboxylic acids is 1. The topological polar surface area (TPSA) is 49.3 Å². The van der Waals surface area contributed by atoms with E-state index in [4.69, 9.17) is 0 Å². The van der Waals surface area contributed by atoms with Crippen molar-refractivity contribution in [2.24, 2.45) is 5.92 Å². The van der Waals surface area contributed by atoms with E-state index in [1.54, 1.807) is 0 Å². The normalized spacial score (nSPS) is 19.6. The molecule has 1 amide bonds. The van der Waals surface area contributed by atoms with E-state index in [2.05, 4.69) is 14.9 Å². The standard InChI is InChI=1S/C15H22N4O/c1-11(2)15(20)19-9-7-18(8-10-19)13-5-6-16-14(17-13)12-3-4-12/h5-6,11-12H,3-4,7-10H2,1-2H3. The average Bonchev–Trinajstić information content (AvgIpc) is 3.31. The van der Waals surface area contributed by atoms with Crippen LogP contribution in [-0.2, 0) is 4.79 Å². The van der Waals surface area contributed by atoms with Crippen LogP contribution in [0.25, 0.3) is 0 Å². The summed E-state index contributed by atoms with van der Waals surface area (Å²) in [5, 5.41) is 0. The average molecular weight is 274 g/mol. The number of aromatic nitrogens is 2. The lowest BCUT2D eigenvalue weighted by molar-refractivity contribution is -0.134. The summed E-state index contributed by atoms with van der Waals surface area (Å²) in [7, 11) is 0. The molecule has 2 heterocycles. The lowest BCUT2D eigenvalue weighted by Crippen LogP contribution is -2.50. The van der Waals surface area contributed by atoms with Gasteiger partial charge < -0.3 is 9.80 Å². The van der Waals surface area contributed by atoms with Crippen molar-refractivity contribution >= 4 is 11.7 Å². The first-order chi connectivity index (χ1) is 9.65. The van der Waals surface area contributed by atoms with Gasteiger partial charge in [0.15, 0.2) is 0 Å². The van der Waals surface area contributed by atoms with Gasteiger partial charge in [0.05, 0.1) is 0 Å². The van der Waals surface area contributed by atoms with E-state index in [1.165, 1.54) is 12.8 Å². The van der Waals surface area contributed by atoms with Gasteiger partial charge in [0, 0.05) is 44.2 Å². The lowest BCUT2D eigenvalue weighted by Gasteiger charge is -2.36. The minimum Gasteiger partial charge on any atom is -0.353 e. The summed E-state index contributed by atoms with van der Waals surface area (Å²) in [6.45, 7) is 7.22. The molecule has 2 aliphatic rings. The largest absolute Gasteiger partial charge is 0.353 e. The maximum absolute atomic E-state index is 12.0. The molecule has 2 fully saturated rings. The fraction of sp³-hybridized carbons (Fsp3) is 0.667. The van der Waals surface area contributed by atoms with Gasteiger partial charge in [0.1, 0.15) is 11.6 Å². The van der Waals surface area contributed by atoms with Gasteiger partial charge >= 0.3 is 0 Å². The van der Waals surface area contributed by atoms with Crippen LogP contribution >= 0.6 is 0 Å². The maximum Gasteiger partial charge on any atom is 0.225 e. The van der Waals surface area contributed by atoms with E-state index in [1.807, 2.05) is 31.0 Å². The molecule has 1 saturated heterocycles. The monoisotopic (exact) mass is 274 g/mol. The highest BCUT2D eigenvalue weighted by Crippen LogP contribution is 2.38. The molecule has 0 spiro atoms. The van der Waals surface area contributed by atoms with Crippen molar-refractivity contribution in [2.45, 2.75) is 32.6 Å². The van der Waals surface area contributed by atoms with E-state index < -0.39 is 0 Å². The maximum atomic E-state index is 12.0. The fourth-order valence-electron chi connectivity index (χ4n) is 2.60. The quantitative estimate of drug-likeness (QED) is 0.841. The van der Waals surface area contributed by atoms with Gasteiger partial charge in [-0.1, -0.05) is 13.8 Å². The first-order valence-electron chi connectivity index (χ1n) is 7.52. The number of piperazine rings is 1. The summed E-state index contributed by atoms with van der Waals surface area (Å²) in [6.07, 6.45) is 4.31. The number of amides is 1. The number of anilines is 1. The molecule has 108 valence electrons. The van der Waals surface area contributed by atoms with Gasteiger partial charge in [0.25, 0.3) is 0 Å². The third-order valence-electron chi connectivity index (χ3n) is 4.01. The molecule has 3 rings (SSSR count). The van der Waals surface area contributed by atoms with Crippen molar-refractivity contribution in [1.29, 1.82) is 0 Å². The van der Waals surface area contributed by atoms with E-state index >= 15 is 0 Å². The van der Waals surface area contributed by atoms with Gasteiger partial charge in [-0.05, 0) is 18.9 Å². The van der Waals surface area contributed by atoms with Crippen LogP contribution in [0.2, 0.25) is 0 Å². The summed E-state index contributed by atoms with van der Waals surface area (Å²) >= 11 is 0. The Morgan fingerprint density at radius 2 is 1.95 bits per heavy atom. The van der Waals surface area contributed by atoms with Gasteiger partial charge in [-0.3, -0.25) is 4.79 Å². The van der Waals surface area contributed by atoms with Crippen molar-refractivity contribution in [1.82, 2.24) is 14.9 Å². The molecule has 5 nitrogen and oxygen atoms in total. The zero-order valence-corrected chi connectivity index (χ0v) is 12.2. The highest BCUT2D eigenvalue weighted by molar-refractivity contribution is 5.78. The predicted molar refractivity (Wildman–Crippen MR) is 77.6 cm³/mol.